The van der Waals surface area contributed by atoms with Gasteiger partial charge in [-0.25, -0.2) is 0 Å². The first-order valence-corrected chi connectivity index (χ1v) is 9.59. The molecule has 1 rings (SSSR count). The zero-order valence-corrected chi connectivity index (χ0v) is 18.3. The van der Waals surface area contributed by atoms with Crippen LogP contribution < -0.4 is 0 Å². The molecule has 0 heterocycles. The molecule has 0 amide bonds. The Balaban J connectivity index is -0.000000152. The van der Waals surface area contributed by atoms with Crippen molar-refractivity contribution in [2.24, 2.45) is 0 Å². The maximum absolute atomic E-state index is 10.8. The molecule has 0 unspecified atom stereocenters. The first kappa shape index (κ1) is 30.1. The van der Waals surface area contributed by atoms with Crippen molar-refractivity contribution >= 4 is 17.9 Å². The molecule has 0 saturated carbocycles. The van der Waals surface area contributed by atoms with Crippen molar-refractivity contribution in [3.05, 3.63) is 33.9 Å². The Morgan fingerprint density at radius 3 is 1.48 bits per heavy atom. The van der Waals surface area contributed by atoms with E-state index in [-0.39, 0.29) is 0 Å². The number of aryl methyl sites for hydroxylation is 2. The summed E-state index contributed by atoms with van der Waals surface area (Å²) in [7, 11) is 0. The Kier molecular flexibility index (Phi) is 30.7. The van der Waals surface area contributed by atoms with E-state index in [1.165, 1.54) is 12.8 Å². The fourth-order valence-electron chi connectivity index (χ4n) is 1.63. The van der Waals surface area contributed by atoms with Crippen molar-refractivity contribution in [2.45, 2.75) is 94.9 Å². The van der Waals surface area contributed by atoms with Gasteiger partial charge in [0.05, 0.1) is 0 Å². The second-order valence-corrected chi connectivity index (χ2v) is 4.96. The number of rotatable bonds is 2. The lowest BCUT2D eigenvalue weighted by atomic mass is 9.95. The van der Waals surface area contributed by atoms with Crippen LogP contribution in [0.15, 0.2) is 6.07 Å². The van der Waals surface area contributed by atoms with Crippen LogP contribution in [0.3, 0.4) is 0 Å². The second kappa shape index (κ2) is 23.4. The smallest absolute Gasteiger partial charge is 0.150 e. The fourth-order valence-corrected chi connectivity index (χ4v) is 2.04. The molecule has 0 radical (unpaired) electrons. The lowest BCUT2D eigenvalue weighted by Gasteiger charge is -2.11. The molecular formula is C21H41ClO. The average Bonchev–Trinajstić information content (AvgIpc) is 2.53. The van der Waals surface area contributed by atoms with E-state index in [2.05, 4.69) is 27.7 Å². The van der Waals surface area contributed by atoms with Gasteiger partial charge < -0.3 is 0 Å². The van der Waals surface area contributed by atoms with E-state index in [0.717, 1.165) is 34.1 Å². The van der Waals surface area contributed by atoms with Gasteiger partial charge in [-0.1, -0.05) is 74.3 Å². The van der Waals surface area contributed by atoms with Gasteiger partial charge in [0.25, 0.3) is 0 Å². The van der Waals surface area contributed by atoms with Gasteiger partial charge in [0.2, 0.25) is 0 Å². The number of carbonyl (C=O) groups is 1. The Morgan fingerprint density at radius 2 is 1.22 bits per heavy atom. The van der Waals surface area contributed by atoms with Crippen LogP contribution >= 0.6 is 11.6 Å². The zero-order chi connectivity index (χ0) is 19.4. The number of hydrogen-bond acceptors (Lipinski definition) is 1. The van der Waals surface area contributed by atoms with Gasteiger partial charge in [-0.2, -0.15) is 0 Å². The van der Waals surface area contributed by atoms with E-state index in [1.54, 1.807) is 0 Å². The molecule has 2 heteroatoms. The average molecular weight is 345 g/mol. The van der Waals surface area contributed by atoms with Crippen LogP contribution in [-0.4, -0.2) is 6.29 Å². The van der Waals surface area contributed by atoms with Crippen LogP contribution in [0.1, 0.15) is 101 Å². The molecule has 0 N–H and O–H groups in total. The molecule has 0 aliphatic carbocycles. The quantitative estimate of drug-likeness (QED) is 0.391. The van der Waals surface area contributed by atoms with E-state index in [0.29, 0.717) is 5.88 Å². The minimum absolute atomic E-state index is 0.471. The van der Waals surface area contributed by atoms with Gasteiger partial charge >= 0.3 is 0 Å². The second-order valence-electron chi connectivity index (χ2n) is 4.69. The molecular weight excluding hydrogens is 304 g/mol. The topological polar surface area (TPSA) is 17.1 Å². The molecule has 0 spiro atoms. The number of halogens is 1. The van der Waals surface area contributed by atoms with E-state index in [4.69, 9.17) is 11.6 Å². The Labute approximate surface area is 151 Å². The summed E-state index contributed by atoms with van der Waals surface area (Å²) >= 11 is 5.80. The van der Waals surface area contributed by atoms with Crippen molar-refractivity contribution < 1.29 is 4.79 Å². The van der Waals surface area contributed by atoms with Gasteiger partial charge in [-0.3, -0.25) is 4.79 Å². The monoisotopic (exact) mass is 344 g/mol. The standard InChI is InChI=1S/C11H13ClO.2C3H8.2C2H6/c1-7-4-8(2)11(6-13)9(3)10(7)5-12;2*1-3-2;2*1-2/h4,6H,5H2,1-3H3;2*3H2,1-2H3;2*1-2H3. The highest BCUT2D eigenvalue weighted by Gasteiger charge is 2.08. The fraction of sp³-hybridized carbons (Fsp3) is 0.667. The maximum atomic E-state index is 10.8. The molecule has 0 fully saturated rings. The largest absolute Gasteiger partial charge is 0.298 e. The first-order valence-electron chi connectivity index (χ1n) is 9.05. The Bertz CT molecular complexity index is 369. The highest BCUT2D eigenvalue weighted by Crippen LogP contribution is 2.22. The highest BCUT2D eigenvalue weighted by atomic mass is 35.5. The van der Waals surface area contributed by atoms with Crippen molar-refractivity contribution in [1.29, 1.82) is 0 Å². The van der Waals surface area contributed by atoms with Crippen LogP contribution in [0.25, 0.3) is 0 Å². The minimum atomic E-state index is 0.471. The summed E-state index contributed by atoms with van der Waals surface area (Å²) < 4.78 is 0. The van der Waals surface area contributed by atoms with Crippen molar-refractivity contribution in [2.75, 3.05) is 0 Å². The lowest BCUT2D eigenvalue weighted by Crippen LogP contribution is -1.99. The number of benzene rings is 1. The van der Waals surface area contributed by atoms with E-state index >= 15 is 0 Å². The van der Waals surface area contributed by atoms with Crippen LogP contribution in [0, 0.1) is 20.8 Å². The summed E-state index contributed by atoms with van der Waals surface area (Å²) in [6, 6.07) is 2.01. The van der Waals surface area contributed by atoms with Crippen molar-refractivity contribution in [3.8, 4) is 0 Å². The summed E-state index contributed by atoms with van der Waals surface area (Å²) in [5, 5.41) is 0. The van der Waals surface area contributed by atoms with Crippen LogP contribution in [0.5, 0.6) is 0 Å². The van der Waals surface area contributed by atoms with Gasteiger partial charge in [0.15, 0.2) is 6.29 Å². The van der Waals surface area contributed by atoms with Crippen LogP contribution in [0.2, 0.25) is 0 Å². The first-order chi connectivity index (χ1) is 10.9. The highest BCUT2D eigenvalue weighted by molar-refractivity contribution is 6.17. The molecule has 0 atom stereocenters. The van der Waals surface area contributed by atoms with E-state index in [1.807, 2.05) is 54.5 Å². The van der Waals surface area contributed by atoms with Gasteiger partial charge in [-0.05, 0) is 43.0 Å². The lowest BCUT2D eigenvalue weighted by molar-refractivity contribution is 0.112. The Morgan fingerprint density at radius 1 is 0.870 bits per heavy atom. The Hall–Kier alpha value is -0.820. The van der Waals surface area contributed by atoms with Crippen molar-refractivity contribution in [1.82, 2.24) is 0 Å². The molecule has 0 aliphatic heterocycles. The summed E-state index contributed by atoms with van der Waals surface area (Å²) in [5.74, 6) is 0.471. The summed E-state index contributed by atoms with van der Waals surface area (Å²) in [5.41, 5.74) is 5.06. The third-order valence-electron chi connectivity index (χ3n) is 2.44. The number of carbonyl (C=O) groups excluding carboxylic acids is 1. The number of aldehydes is 1. The molecule has 0 bridgehead atoms. The normalized spacial score (nSPS) is 7.83. The molecule has 0 saturated heterocycles. The third-order valence-corrected chi connectivity index (χ3v) is 2.71. The predicted molar refractivity (Wildman–Crippen MR) is 110 cm³/mol. The number of hydrogen-bond donors (Lipinski definition) is 0. The molecule has 1 nitrogen and oxygen atoms in total. The van der Waals surface area contributed by atoms with Gasteiger partial charge in [0.1, 0.15) is 0 Å². The predicted octanol–water partition coefficient (Wildman–Crippen LogP) is 8.05. The van der Waals surface area contributed by atoms with Gasteiger partial charge in [-0.15, -0.1) is 11.6 Å². The minimum Gasteiger partial charge on any atom is -0.298 e. The van der Waals surface area contributed by atoms with Crippen LogP contribution in [-0.2, 0) is 5.88 Å². The molecule has 1 aromatic carbocycles. The third kappa shape index (κ3) is 14.5. The number of alkyl halides is 1. The SMILES string of the molecule is CC.CC.CCC.CCC.Cc1cc(C)c(CCl)c(C)c1C=O. The molecule has 138 valence electrons. The summed E-state index contributed by atoms with van der Waals surface area (Å²) in [6.45, 7) is 22.4. The summed E-state index contributed by atoms with van der Waals surface area (Å²) in [6.07, 6.45) is 3.40. The van der Waals surface area contributed by atoms with E-state index in [9.17, 15) is 4.79 Å². The molecule has 0 aliphatic rings. The maximum Gasteiger partial charge on any atom is 0.150 e. The summed E-state index contributed by atoms with van der Waals surface area (Å²) in [4.78, 5) is 10.8. The van der Waals surface area contributed by atoms with Gasteiger partial charge in [0, 0.05) is 11.4 Å². The van der Waals surface area contributed by atoms with E-state index < -0.39 is 0 Å². The molecule has 23 heavy (non-hydrogen) atoms. The zero-order valence-electron chi connectivity index (χ0n) is 17.6. The molecule has 1 aromatic rings. The molecule has 0 aromatic heterocycles. The van der Waals surface area contributed by atoms with Crippen LogP contribution in [0.4, 0.5) is 0 Å². The van der Waals surface area contributed by atoms with Crippen molar-refractivity contribution in [3.63, 3.8) is 0 Å².